The minimum absolute atomic E-state index is 0.0823. The quantitative estimate of drug-likeness (QED) is 0.795. The first-order valence-electron chi connectivity index (χ1n) is 7.66. The van der Waals surface area contributed by atoms with Crippen molar-refractivity contribution in [3.63, 3.8) is 0 Å². The lowest BCUT2D eigenvalue weighted by Crippen LogP contribution is -2.40. The molecule has 1 fully saturated rings. The average molecular weight is 366 g/mol. The van der Waals surface area contributed by atoms with E-state index in [1.165, 1.54) is 22.5 Å². The third-order valence-corrected chi connectivity index (χ3v) is 5.54. The first-order valence-corrected chi connectivity index (χ1v) is 9.10. The molecule has 1 amide bonds. The molecule has 134 valence electrons. The summed E-state index contributed by atoms with van der Waals surface area (Å²) in [6.45, 7) is 2.92. The number of morpholine rings is 1. The summed E-state index contributed by atoms with van der Waals surface area (Å²) in [5, 5.41) is 12.0. The molecule has 0 unspecified atom stereocenters. The highest BCUT2D eigenvalue weighted by molar-refractivity contribution is 7.89. The molecule has 1 aromatic carbocycles. The van der Waals surface area contributed by atoms with Crippen molar-refractivity contribution < 1.29 is 27.5 Å². The Labute approximate surface area is 145 Å². The van der Waals surface area contributed by atoms with Gasteiger partial charge in [0.1, 0.15) is 5.75 Å². The second-order valence-electron chi connectivity index (χ2n) is 5.61. The van der Waals surface area contributed by atoms with E-state index >= 15 is 0 Å². The molecule has 0 radical (unpaired) electrons. The first kappa shape index (κ1) is 17.5. The van der Waals surface area contributed by atoms with Gasteiger partial charge in [-0.25, -0.2) is 8.42 Å². The van der Waals surface area contributed by atoms with E-state index in [1.807, 2.05) is 0 Å². The predicted octanol–water partition coefficient (Wildman–Crippen LogP) is 1.57. The lowest BCUT2D eigenvalue weighted by molar-refractivity contribution is 0.0723. The molecule has 0 saturated carbocycles. The normalized spacial score (nSPS) is 15.9. The number of carbonyl (C=O) groups is 1. The summed E-state index contributed by atoms with van der Waals surface area (Å²) in [6, 6.07) is 7.32. The molecule has 8 nitrogen and oxygen atoms in total. The van der Waals surface area contributed by atoms with Gasteiger partial charge in [0.2, 0.25) is 5.09 Å². The number of anilines is 1. The summed E-state index contributed by atoms with van der Waals surface area (Å²) in [5.41, 5.74) is 1.05. The Morgan fingerprint density at radius 1 is 1.20 bits per heavy atom. The molecule has 2 N–H and O–H groups in total. The summed E-state index contributed by atoms with van der Waals surface area (Å²) in [4.78, 5) is 12.2. The van der Waals surface area contributed by atoms with Crippen molar-refractivity contribution in [3.8, 4) is 5.75 Å². The van der Waals surface area contributed by atoms with Crippen LogP contribution >= 0.6 is 0 Å². The molecular weight excluding hydrogens is 348 g/mol. The number of furan rings is 1. The smallest absolute Gasteiger partial charge is 0.291 e. The van der Waals surface area contributed by atoms with Gasteiger partial charge in [0.25, 0.3) is 15.9 Å². The number of sulfonamides is 1. The number of hydrogen-bond donors (Lipinski definition) is 2. The zero-order chi connectivity index (χ0) is 18.0. The molecule has 2 aromatic rings. The molecule has 9 heteroatoms. The first-order chi connectivity index (χ1) is 11.9. The van der Waals surface area contributed by atoms with E-state index in [4.69, 9.17) is 9.15 Å². The molecule has 0 spiro atoms. The molecule has 1 aliphatic heterocycles. The lowest BCUT2D eigenvalue weighted by atomic mass is 10.2. The van der Waals surface area contributed by atoms with Crippen LogP contribution in [-0.2, 0) is 14.8 Å². The number of phenolic OH excluding ortho intramolecular Hbond substituents is 1. The minimum atomic E-state index is -3.80. The zero-order valence-corrected chi connectivity index (χ0v) is 14.4. The number of nitrogens with zero attached hydrogens (tertiary/aromatic N) is 1. The largest absolute Gasteiger partial charge is 0.506 e. The van der Waals surface area contributed by atoms with Crippen LogP contribution in [0.25, 0.3) is 0 Å². The Bertz CT molecular complexity index is 884. The van der Waals surface area contributed by atoms with Gasteiger partial charge in [-0.2, -0.15) is 4.31 Å². The Kier molecular flexibility index (Phi) is 4.80. The van der Waals surface area contributed by atoms with E-state index in [0.717, 1.165) is 5.56 Å². The summed E-state index contributed by atoms with van der Waals surface area (Å²) in [7, 11) is -3.80. The van der Waals surface area contributed by atoms with E-state index in [2.05, 4.69) is 5.32 Å². The highest BCUT2D eigenvalue weighted by Gasteiger charge is 2.30. The number of hydrogen-bond acceptors (Lipinski definition) is 6. The third-order valence-electron chi connectivity index (χ3n) is 3.77. The van der Waals surface area contributed by atoms with Crippen LogP contribution < -0.4 is 5.32 Å². The third kappa shape index (κ3) is 3.68. The average Bonchev–Trinajstić information content (AvgIpc) is 3.09. The Morgan fingerprint density at radius 3 is 2.60 bits per heavy atom. The van der Waals surface area contributed by atoms with Crippen molar-refractivity contribution in [2.75, 3.05) is 31.6 Å². The monoisotopic (exact) mass is 366 g/mol. The van der Waals surface area contributed by atoms with Crippen LogP contribution in [0, 0.1) is 6.92 Å². The van der Waals surface area contributed by atoms with Crippen LogP contribution in [-0.4, -0.2) is 50.0 Å². The maximum atomic E-state index is 12.5. The summed E-state index contributed by atoms with van der Waals surface area (Å²) < 4.78 is 36.6. The molecule has 0 bridgehead atoms. The van der Waals surface area contributed by atoms with Crippen LogP contribution in [0.1, 0.15) is 16.1 Å². The van der Waals surface area contributed by atoms with Crippen molar-refractivity contribution in [2.24, 2.45) is 0 Å². The Hall–Kier alpha value is -2.36. The summed E-state index contributed by atoms with van der Waals surface area (Å²) in [5.74, 6) is -0.893. The fourth-order valence-electron chi connectivity index (χ4n) is 2.43. The highest BCUT2D eigenvalue weighted by Crippen LogP contribution is 2.25. The molecule has 0 atom stereocenters. The van der Waals surface area contributed by atoms with Gasteiger partial charge in [0, 0.05) is 13.1 Å². The lowest BCUT2D eigenvalue weighted by Gasteiger charge is -2.24. The number of nitrogens with one attached hydrogen (secondary N) is 1. The molecule has 3 rings (SSSR count). The van der Waals surface area contributed by atoms with E-state index in [9.17, 15) is 18.3 Å². The van der Waals surface area contributed by atoms with Crippen molar-refractivity contribution in [3.05, 3.63) is 41.7 Å². The van der Waals surface area contributed by atoms with Gasteiger partial charge >= 0.3 is 0 Å². The van der Waals surface area contributed by atoms with Gasteiger partial charge in [-0.05, 0) is 36.8 Å². The highest BCUT2D eigenvalue weighted by atomic mass is 32.2. The van der Waals surface area contributed by atoms with Crippen LogP contribution in [0.2, 0.25) is 0 Å². The Morgan fingerprint density at radius 2 is 1.92 bits per heavy atom. The molecule has 2 heterocycles. The number of aromatic hydroxyl groups is 1. The maximum absolute atomic E-state index is 12.5. The second-order valence-corrected chi connectivity index (χ2v) is 7.48. The van der Waals surface area contributed by atoms with Gasteiger partial charge in [-0.1, -0.05) is 6.07 Å². The number of benzene rings is 1. The van der Waals surface area contributed by atoms with Crippen molar-refractivity contribution >= 4 is 21.6 Å². The standard InChI is InChI=1S/C16H18N2O6S/c1-11-2-3-12(13(19)10-11)17-16(20)14-4-5-15(24-14)25(21,22)18-6-8-23-9-7-18/h2-5,10,19H,6-9H2,1H3,(H,17,20). The minimum Gasteiger partial charge on any atom is -0.506 e. The molecule has 1 saturated heterocycles. The van der Waals surface area contributed by atoms with Crippen LogP contribution in [0.15, 0.2) is 39.8 Å². The molecule has 1 aliphatic rings. The fourth-order valence-corrected chi connectivity index (χ4v) is 3.75. The van der Waals surface area contributed by atoms with E-state index < -0.39 is 15.9 Å². The SMILES string of the molecule is Cc1ccc(NC(=O)c2ccc(S(=O)(=O)N3CCOCC3)o2)c(O)c1. The van der Waals surface area contributed by atoms with Gasteiger partial charge < -0.3 is 19.6 Å². The molecule has 25 heavy (non-hydrogen) atoms. The van der Waals surface area contributed by atoms with Gasteiger partial charge in [0.05, 0.1) is 18.9 Å². The Balaban J connectivity index is 1.77. The van der Waals surface area contributed by atoms with Gasteiger partial charge in [0.15, 0.2) is 5.76 Å². The predicted molar refractivity (Wildman–Crippen MR) is 89.1 cm³/mol. The number of ether oxygens (including phenoxy) is 1. The molecule has 0 aliphatic carbocycles. The van der Waals surface area contributed by atoms with Crippen molar-refractivity contribution in [1.82, 2.24) is 4.31 Å². The van der Waals surface area contributed by atoms with Crippen molar-refractivity contribution in [1.29, 1.82) is 0 Å². The number of phenols is 1. The number of carbonyl (C=O) groups excluding carboxylic acids is 1. The van der Waals surface area contributed by atoms with E-state index in [0.29, 0.717) is 13.2 Å². The van der Waals surface area contributed by atoms with Gasteiger partial charge in [-0.3, -0.25) is 4.79 Å². The second kappa shape index (κ2) is 6.87. The van der Waals surface area contributed by atoms with Gasteiger partial charge in [-0.15, -0.1) is 0 Å². The number of amides is 1. The van der Waals surface area contributed by atoms with Crippen LogP contribution in [0.4, 0.5) is 5.69 Å². The van der Waals surface area contributed by atoms with E-state index in [1.54, 1.807) is 19.1 Å². The van der Waals surface area contributed by atoms with E-state index in [-0.39, 0.29) is 35.4 Å². The number of rotatable bonds is 4. The summed E-state index contributed by atoms with van der Waals surface area (Å²) in [6.07, 6.45) is 0. The zero-order valence-electron chi connectivity index (χ0n) is 13.6. The topological polar surface area (TPSA) is 109 Å². The summed E-state index contributed by atoms with van der Waals surface area (Å²) >= 11 is 0. The number of aryl methyl sites for hydroxylation is 1. The molecular formula is C16H18N2O6S. The maximum Gasteiger partial charge on any atom is 0.291 e. The van der Waals surface area contributed by atoms with Crippen LogP contribution in [0.3, 0.4) is 0 Å². The van der Waals surface area contributed by atoms with Crippen molar-refractivity contribution in [2.45, 2.75) is 12.0 Å². The van der Waals surface area contributed by atoms with Crippen LogP contribution in [0.5, 0.6) is 5.75 Å². The fraction of sp³-hybridized carbons (Fsp3) is 0.312. The molecule has 1 aromatic heterocycles.